The molecular formula is C23H29FN2O3S. The predicted molar refractivity (Wildman–Crippen MR) is 119 cm³/mol. The van der Waals surface area contributed by atoms with Crippen LogP contribution >= 0.6 is 11.8 Å². The lowest BCUT2D eigenvalue weighted by atomic mass is 10.1. The van der Waals surface area contributed by atoms with Crippen LogP contribution in [0.3, 0.4) is 0 Å². The standard InChI is InChI=1S/C23H29FN2O3S/c1-4-13-25-23(28)17(2)26(14-19-7-5-6-8-21(19)24)22(27)16-30-15-18-9-11-20(29-3)12-10-18/h5-12,17H,4,13-16H2,1-3H3,(H,25,28). The summed E-state index contributed by atoms with van der Waals surface area (Å²) in [5.74, 6) is 0.814. The average molecular weight is 433 g/mol. The number of halogens is 1. The number of carbonyl (C=O) groups excluding carboxylic acids is 2. The smallest absolute Gasteiger partial charge is 0.242 e. The molecule has 0 saturated heterocycles. The largest absolute Gasteiger partial charge is 0.497 e. The van der Waals surface area contributed by atoms with Gasteiger partial charge in [0.05, 0.1) is 12.9 Å². The molecule has 0 bridgehead atoms. The number of amides is 2. The fourth-order valence-electron chi connectivity index (χ4n) is 2.85. The second-order valence-electron chi connectivity index (χ2n) is 6.92. The molecule has 0 saturated carbocycles. The number of benzene rings is 2. The number of rotatable bonds is 11. The molecule has 0 aliphatic carbocycles. The SMILES string of the molecule is CCCNC(=O)C(C)N(Cc1ccccc1F)C(=O)CSCc1ccc(OC)cc1. The first kappa shape index (κ1) is 23.7. The Bertz CT molecular complexity index is 829. The molecule has 2 amide bonds. The third kappa shape index (κ3) is 7.06. The Labute approximate surface area is 182 Å². The monoisotopic (exact) mass is 432 g/mol. The van der Waals surface area contributed by atoms with E-state index in [4.69, 9.17) is 4.74 Å². The van der Waals surface area contributed by atoms with Crippen LogP contribution in [0.5, 0.6) is 5.75 Å². The minimum absolute atomic E-state index is 0.0509. The summed E-state index contributed by atoms with van der Waals surface area (Å²) in [6, 6.07) is 13.3. The molecule has 2 aromatic carbocycles. The first-order chi connectivity index (χ1) is 14.5. The molecule has 2 rings (SSSR count). The summed E-state index contributed by atoms with van der Waals surface area (Å²) in [7, 11) is 1.62. The molecule has 1 N–H and O–H groups in total. The number of nitrogens with zero attached hydrogens (tertiary/aromatic N) is 1. The van der Waals surface area contributed by atoms with E-state index in [0.29, 0.717) is 17.9 Å². The van der Waals surface area contributed by atoms with Crippen LogP contribution in [0.4, 0.5) is 4.39 Å². The Morgan fingerprint density at radius 1 is 1.17 bits per heavy atom. The predicted octanol–water partition coefficient (Wildman–Crippen LogP) is 4.01. The second-order valence-corrected chi connectivity index (χ2v) is 7.91. The quantitative estimate of drug-likeness (QED) is 0.583. The number of thioether (sulfide) groups is 1. The molecule has 0 aromatic heterocycles. The summed E-state index contributed by atoms with van der Waals surface area (Å²) >= 11 is 1.46. The zero-order valence-corrected chi connectivity index (χ0v) is 18.5. The lowest BCUT2D eigenvalue weighted by molar-refractivity contribution is -0.138. The van der Waals surface area contributed by atoms with E-state index in [-0.39, 0.29) is 29.9 Å². The molecule has 0 radical (unpaired) electrons. The highest BCUT2D eigenvalue weighted by Crippen LogP contribution is 2.19. The number of hydrogen-bond donors (Lipinski definition) is 1. The number of nitrogens with one attached hydrogen (secondary N) is 1. The van der Waals surface area contributed by atoms with E-state index >= 15 is 0 Å². The lowest BCUT2D eigenvalue weighted by Crippen LogP contribution is -2.48. The van der Waals surface area contributed by atoms with E-state index in [9.17, 15) is 14.0 Å². The van der Waals surface area contributed by atoms with Gasteiger partial charge in [0.25, 0.3) is 0 Å². The van der Waals surface area contributed by atoms with Crippen molar-refractivity contribution in [3.63, 3.8) is 0 Å². The van der Waals surface area contributed by atoms with Crippen LogP contribution in [0, 0.1) is 5.82 Å². The molecule has 2 aromatic rings. The van der Waals surface area contributed by atoms with Gasteiger partial charge in [0, 0.05) is 24.4 Å². The minimum atomic E-state index is -0.690. The Hall–Kier alpha value is -2.54. The van der Waals surface area contributed by atoms with Crippen molar-refractivity contribution in [1.29, 1.82) is 0 Å². The number of hydrogen-bond acceptors (Lipinski definition) is 4. The van der Waals surface area contributed by atoms with Crippen LogP contribution in [0.1, 0.15) is 31.4 Å². The van der Waals surface area contributed by atoms with Crippen molar-refractivity contribution in [2.24, 2.45) is 0 Å². The van der Waals surface area contributed by atoms with Crippen LogP contribution < -0.4 is 10.1 Å². The van der Waals surface area contributed by atoms with Crippen LogP contribution in [0.15, 0.2) is 48.5 Å². The number of carbonyl (C=O) groups is 2. The van der Waals surface area contributed by atoms with Crippen molar-refractivity contribution < 1.29 is 18.7 Å². The van der Waals surface area contributed by atoms with Crippen LogP contribution in [0.25, 0.3) is 0 Å². The highest BCUT2D eigenvalue weighted by atomic mass is 32.2. The summed E-state index contributed by atoms with van der Waals surface area (Å²) in [6.07, 6.45) is 0.803. The van der Waals surface area contributed by atoms with Gasteiger partial charge in [-0.25, -0.2) is 4.39 Å². The topological polar surface area (TPSA) is 58.6 Å². The summed E-state index contributed by atoms with van der Waals surface area (Å²) in [5.41, 5.74) is 1.46. The van der Waals surface area contributed by atoms with Crippen molar-refractivity contribution in [3.8, 4) is 5.75 Å². The first-order valence-corrected chi connectivity index (χ1v) is 11.1. The molecule has 1 atom stereocenters. The fraction of sp³-hybridized carbons (Fsp3) is 0.391. The van der Waals surface area contributed by atoms with Gasteiger partial charge in [0.15, 0.2) is 0 Å². The Morgan fingerprint density at radius 3 is 2.50 bits per heavy atom. The maximum Gasteiger partial charge on any atom is 0.242 e. The summed E-state index contributed by atoms with van der Waals surface area (Å²) in [4.78, 5) is 26.9. The molecule has 162 valence electrons. The Balaban J connectivity index is 2.04. The fourth-order valence-corrected chi connectivity index (χ4v) is 3.72. The van der Waals surface area contributed by atoms with Crippen LogP contribution in [0.2, 0.25) is 0 Å². The van der Waals surface area contributed by atoms with E-state index in [2.05, 4.69) is 5.32 Å². The van der Waals surface area contributed by atoms with E-state index < -0.39 is 6.04 Å². The van der Waals surface area contributed by atoms with Gasteiger partial charge in [-0.3, -0.25) is 9.59 Å². The Morgan fingerprint density at radius 2 is 1.87 bits per heavy atom. The Kier molecular flexibility index (Phi) is 9.67. The zero-order valence-electron chi connectivity index (χ0n) is 17.7. The molecule has 0 aliphatic rings. The lowest BCUT2D eigenvalue weighted by Gasteiger charge is -2.29. The van der Waals surface area contributed by atoms with Crippen molar-refractivity contribution in [2.45, 2.75) is 38.6 Å². The van der Waals surface area contributed by atoms with Crippen molar-refractivity contribution in [3.05, 3.63) is 65.5 Å². The normalized spacial score (nSPS) is 11.6. The third-order valence-electron chi connectivity index (χ3n) is 4.67. The molecule has 1 unspecified atom stereocenters. The summed E-state index contributed by atoms with van der Waals surface area (Å²) in [5, 5.41) is 2.82. The van der Waals surface area contributed by atoms with Crippen LogP contribution in [-0.4, -0.2) is 42.2 Å². The van der Waals surface area contributed by atoms with E-state index in [1.54, 1.807) is 32.2 Å². The van der Waals surface area contributed by atoms with Gasteiger partial charge in [0.1, 0.15) is 17.6 Å². The zero-order chi connectivity index (χ0) is 21.9. The van der Waals surface area contributed by atoms with E-state index in [1.165, 1.54) is 22.7 Å². The second kappa shape index (κ2) is 12.2. The van der Waals surface area contributed by atoms with Crippen molar-refractivity contribution in [2.75, 3.05) is 19.4 Å². The first-order valence-electron chi connectivity index (χ1n) is 9.97. The van der Waals surface area contributed by atoms with Gasteiger partial charge in [-0.1, -0.05) is 37.3 Å². The molecule has 0 aliphatic heterocycles. The van der Waals surface area contributed by atoms with E-state index in [1.807, 2.05) is 31.2 Å². The van der Waals surface area contributed by atoms with Crippen LogP contribution in [-0.2, 0) is 21.9 Å². The van der Waals surface area contributed by atoms with Gasteiger partial charge in [0.2, 0.25) is 11.8 Å². The molecule has 0 spiro atoms. The van der Waals surface area contributed by atoms with Crippen molar-refractivity contribution >= 4 is 23.6 Å². The molecule has 30 heavy (non-hydrogen) atoms. The van der Waals surface area contributed by atoms with Gasteiger partial charge < -0.3 is 15.0 Å². The van der Waals surface area contributed by atoms with Gasteiger partial charge in [-0.15, -0.1) is 11.8 Å². The summed E-state index contributed by atoms with van der Waals surface area (Å²) < 4.78 is 19.3. The highest BCUT2D eigenvalue weighted by Gasteiger charge is 2.26. The molecular weight excluding hydrogens is 403 g/mol. The van der Waals surface area contributed by atoms with E-state index in [0.717, 1.165) is 17.7 Å². The molecule has 0 heterocycles. The number of methoxy groups -OCH3 is 1. The maximum absolute atomic E-state index is 14.2. The van der Waals surface area contributed by atoms with Gasteiger partial charge in [-0.05, 0) is 37.1 Å². The minimum Gasteiger partial charge on any atom is -0.497 e. The molecule has 5 nitrogen and oxygen atoms in total. The summed E-state index contributed by atoms with van der Waals surface area (Å²) in [6.45, 7) is 4.23. The van der Waals surface area contributed by atoms with Crippen molar-refractivity contribution in [1.82, 2.24) is 10.2 Å². The average Bonchev–Trinajstić information content (AvgIpc) is 2.76. The maximum atomic E-state index is 14.2. The third-order valence-corrected chi connectivity index (χ3v) is 5.66. The van der Waals surface area contributed by atoms with Gasteiger partial charge in [-0.2, -0.15) is 0 Å². The van der Waals surface area contributed by atoms with Gasteiger partial charge >= 0.3 is 0 Å². The number of ether oxygens (including phenoxy) is 1. The molecule has 7 heteroatoms. The highest BCUT2D eigenvalue weighted by molar-refractivity contribution is 7.99. The molecule has 0 fully saturated rings.